The number of nitrogens with zero attached hydrogens (tertiary/aromatic N) is 1. The third-order valence-electron chi connectivity index (χ3n) is 3.28. The Morgan fingerprint density at radius 1 is 1.00 bits per heavy atom. The zero-order valence-electron chi connectivity index (χ0n) is 17.1. The van der Waals surface area contributed by atoms with Crippen molar-refractivity contribution in [2.75, 3.05) is 54.1 Å². The molecule has 0 radical (unpaired) electrons. The van der Waals surface area contributed by atoms with Crippen molar-refractivity contribution >= 4 is 7.82 Å². The van der Waals surface area contributed by atoms with E-state index in [1.54, 1.807) is 0 Å². The summed E-state index contributed by atoms with van der Waals surface area (Å²) >= 11 is 0. The minimum atomic E-state index is -4.08. The Hall–Kier alpha value is -0.0100. The second-order valence-corrected chi connectivity index (χ2v) is 9.48. The minimum absolute atomic E-state index is 0.0231. The van der Waals surface area contributed by atoms with Gasteiger partial charge in [-0.25, -0.2) is 4.57 Å². The van der Waals surface area contributed by atoms with Gasteiger partial charge in [-0.05, 0) is 32.6 Å². The fraction of sp³-hybridized carbons (Fsp3) is 1.00. The van der Waals surface area contributed by atoms with Gasteiger partial charge in [0, 0.05) is 6.61 Å². The van der Waals surface area contributed by atoms with Gasteiger partial charge >= 0.3 is 7.82 Å². The number of quaternary nitrogens is 1. The van der Waals surface area contributed by atoms with Crippen LogP contribution in [-0.2, 0) is 23.1 Å². The van der Waals surface area contributed by atoms with Crippen molar-refractivity contribution in [3.63, 3.8) is 0 Å². The molecule has 0 amide bonds. The van der Waals surface area contributed by atoms with Gasteiger partial charge in [0.2, 0.25) is 0 Å². The maximum absolute atomic E-state index is 11.9. The second kappa shape index (κ2) is 12.4. The van der Waals surface area contributed by atoms with Gasteiger partial charge in [0.15, 0.2) is 0 Å². The minimum Gasteiger partial charge on any atom is -0.379 e. The Labute approximate surface area is 153 Å². The van der Waals surface area contributed by atoms with Gasteiger partial charge < -0.3 is 18.9 Å². The van der Waals surface area contributed by atoms with E-state index in [2.05, 4.69) is 13.8 Å². The maximum atomic E-state index is 11.9. The SMILES string of the molecule is CC(C)CCCOCC(COP(=O)(O)OCC[N+](C)(C)C)OC(C)C. The fourth-order valence-corrected chi connectivity index (χ4v) is 2.71. The molecule has 2 unspecified atom stereocenters. The summed E-state index contributed by atoms with van der Waals surface area (Å²) in [5.41, 5.74) is 0. The van der Waals surface area contributed by atoms with Crippen LogP contribution in [0.1, 0.15) is 40.5 Å². The quantitative estimate of drug-likeness (QED) is 0.266. The van der Waals surface area contributed by atoms with Gasteiger partial charge in [-0.2, -0.15) is 0 Å². The molecule has 7 nitrogen and oxygen atoms in total. The summed E-state index contributed by atoms with van der Waals surface area (Å²) in [6, 6.07) is 0. The van der Waals surface area contributed by atoms with Crippen molar-refractivity contribution in [3.05, 3.63) is 0 Å². The highest BCUT2D eigenvalue weighted by Crippen LogP contribution is 2.43. The van der Waals surface area contributed by atoms with Crippen LogP contribution in [0.25, 0.3) is 0 Å². The van der Waals surface area contributed by atoms with Crippen molar-refractivity contribution in [3.8, 4) is 0 Å². The molecule has 0 fully saturated rings. The lowest BCUT2D eigenvalue weighted by Crippen LogP contribution is -2.37. The van der Waals surface area contributed by atoms with E-state index in [9.17, 15) is 9.46 Å². The number of hydrogen-bond donors (Lipinski definition) is 1. The predicted molar refractivity (Wildman–Crippen MR) is 99.5 cm³/mol. The molecule has 0 spiro atoms. The molecule has 0 saturated heterocycles. The van der Waals surface area contributed by atoms with E-state index in [-0.39, 0.29) is 19.3 Å². The molecule has 0 aromatic heterocycles. The summed E-state index contributed by atoms with van der Waals surface area (Å²) in [6.07, 6.45) is 1.67. The standard InChI is InChI=1S/C17H38NO6P/c1-15(2)9-8-11-21-13-17(24-16(3)4)14-23-25(19,20)22-12-10-18(5,6)7/h15-17H,8-14H2,1-7H3/p+1. The molecule has 8 heteroatoms. The number of phosphoric acid groups is 1. The van der Waals surface area contributed by atoms with Crippen LogP contribution in [0.4, 0.5) is 0 Å². The van der Waals surface area contributed by atoms with E-state index in [1.807, 2.05) is 35.0 Å². The average molecular weight is 384 g/mol. The summed E-state index contributed by atoms with van der Waals surface area (Å²) < 4.78 is 34.0. The number of ether oxygens (including phenoxy) is 2. The molecule has 0 saturated carbocycles. The summed E-state index contributed by atoms with van der Waals surface area (Å²) in [4.78, 5) is 9.77. The van der Waals surface area contributed by atoms with E-state index in [0.717, 1.165) is 12.8 Å². The molecule has 1 N–H and O–H groups in total. The smallest absolute Gasteiger partial charge is 0.379 e. The summed E-state index contributed by atoms with van der Waals surface area (Å²) in [6.45, 7) is 9.86. The molecule has 152 valence electrons. The van der Waals surface area contributed by atoms with E-state index >= 15 is 0 Å². The molecular weight excluding hydrogens is 345 g/mol. The maximum Gasteiger partial charge on any atom is 0.472 e. The third kappa shape index (κ3) is 17.2. The van der Waals surface area contributed by atoms with E-state index in [4.69, 9.17) is 18.5 Å². The number of phosphoric ester groups is 1. The highest BCUT2D eigenvalue weighted by molar-refractivity contribution is 7.47. The fourth-order valence-electron chi connectivity index (χ4n) is 1.96. The molecule has 0 bridgehead atoms. The monoisotopic (exact) mass is 384 g/mol. The Bertz CT molecular complexity index is 384. The largest absolute Gasteiger partial charge is 0.472 e. The first-order chi connectivity index (χ1) is 11.4. The van der Waals surface area contributed by atoms with Crippen molar-refractivity contribution in [2.24, 2.45) is 5.92 Å². The number of rotatable bonds is 15. The zero-order valence-corrected chi connectivity index (χ0v) is 18.0. The lowest BCUT2D eigenvalue weighted by Gasteiger charge is -2.25. The molecule has 0 aliphatic heterocycles. The third-order valence-corrected chi connectivity index (χ3v) is 4.26. The van der Waals surface area contributed by atoms with Gasteiger partial charge in [0.25, 0.3) is 0 Å². The lowest BCUT2D eigenvalue weighted by molar-refractivity contribution is -0.870. The molecule has 0 aliphatic carbocycles. The first-order valence-electron chi connectivity index (χ1n) is 9.07. The van der Waals surface area contributed by atoms with Crippen molar-refractivity contribution in [1.29, 1.82) is 0 Å². The molecule has 0 heterocycles. The zero-order chi connectivity index (χ0) is 19.5. The van der Waals surface area contributed by atoms with Crippen LogP contribution in [0.3, 0.4) is 0 Å². The van der Waals surface area contributed by atoms with Gasteiger partial charge in [-0.3, -0.25) is 9.05 Å². The van der Waals surface area contributed by atoms with Crippen LogP contribution in [0.15, 0.2) is 0 Å². The van der Waals surface area contributed by atoms with Gasteiger partial charge in [-0.15, -0.1) is 0 Å². The normalized spacial score (nSPS) is 16.4. The van der Waals surface area contributed by atoms with Crippen LogP contribution < -0.4 is 0 Å². The van der Waals surface area contributed by atoms with Gasteiger partial charge in [-0.1, -0.05) is 13.8 Å². The van der Waals surface area contributed by atoms with E-state index < -0.39 is 13.9 Å². The van der Waals surface area contributed by atoms with E-state index in [1.165, 1.54) is 0 Å². The molecule has 0 aliphatic rings. The average Bonchev–Trinajstić information content (AvgIpc) is 2.41. The Kier molecular flexibility index (Phi) is 12.4. The number of likely N-dealkylation sites (N-methyl/N-ethyl adjacent to an activating group) is 1. The number of hydrogen-bond acceptors (Lipinski definition) is 5. The molecular formula is C17H39NO6P+. The molecule has 0 rings (SSSR count). The van der Waals surface area contributed by atoms with Crippen LogP contribution in [0, 0.1) is 5.92 Å². The van der Waals surface area contributed by atoms with Crippen LogP contribution in [0.2, 0.25) is 0 Å². The van der Waals surface area contributed by atoms with E-state index in [0.29, 0.717) is 30.2 Å². The first-order valence-corrected chi connectivity index (χ1v) is 10.6. The van der Waals surface area contributed by atoms with Crippen molar-refractivity contribution in [2.45, 2.75) is 52.7 Å². The Balaban J connectivity index is 4.20. The molecule has 2 atom stereocenters. The first kappa shape index (κ1) is 25.0. The Morgan fingerprint density at radius 2 is 1.64 bits per heavy atom. The highest BCUT2D eigenvalue weighted by Gasteiger charge is 2.25. The predicted octanol–water partition coefficient (Wildman–Crippen LogP) is 3.07. The summed E-state index contributed by atoms with van der Waals surface area (Å²) in [5, 5.41) is 0. The van der Waals surface area contributed by atoms with Crippen molar-refractivity contribution < 1.29 is 32.5 Å². The van der Waals surface area contributed by atoms with Crippen molar-refractivity contribution in [1.82, 2.24) is 0 Å². The highest BCUT2D eigenvalue weighted by atomic mass is 31.2. The van der Waals surface area contributed by atoms with Gasteiger partial charge in [0.1, 0.15) is 19.3 Å². The lowest BCUT2D eigenvalue weighted by atomic mass is 10.1. The molecule has 0 aromatic carbocycles. The van der Waals surface area contributed by atoms with Crippen LogP contribution in [0.5, 0.6) is 0 Å². The second-order valence-electron chi connectivity index (χ2n) is 8.03. The van der Waals surface area contributed by atoms with Crippen LogP contribution in [-0.4, -0.2) is 75.7 Å². The topological polar surface area (TPSA) is 74.2 Å². The molecule has 0 aromatic rings. The summed E-state index contributed by atoms with van der Waals surface area (Å²) in [7, 11) is 1.87. The van der Waals surface area contributed by atoms with Gasteiger partial charge in [0.05, 0.1) is 40.5 Å². The molecule has 25 heavy (non-hydrogen) atoms. The van der Waals surface area contributed by atoms with Crippen LogP contribution >= 0.6 is 7.82 Å². The Morgan fingerprint density at radius 3 is 2.16 bits per heavy atom. The summed E-state index contributed by atoms with van der Waals surface area (Å²) in [5.74, 6) is 0.652.